The normalized spacial score (nSPS) is 2.25. The summed E-state index contributed by atoms with van der Waals surface area (Å²) >= 11 is 0.750. The number of nitriles is 1. The Kier molecular flexibility index (Phi) is 20.9. The molecule has 0 rings (SSSR count). The van der Waals surface area contributed by atoms with Gasteiger partial charge in [-0.3, -0.25) is 0 Å². The summed E-state index contributed by atoms with van der Waals surface area (Å²) in [6.07, 6.45) is 0. The van der Waals surface area contributed by atoms with E-state index in [0.29, 0.717) is 0 Å². The molecule has 0 N–H and O–H groups in total. The second-order valence-electron chi connectivity index (χ2n) is 0.158. The van der Waals surface area contributed by atoms with Crippen molar-refractivity contribution in [3.8, 4) is 4.66 Å². The fraction of sp³-hybridized carbons (Fsp3) is 0. The second kappa shape index (κ2) is 9.47. The first-order valence-electron chi connectivity index (χ1n) is 0.577. The van der Waals surface area contributed by atoms with Gasteiger partial charge in [-0.1, -0.05) is 0 Å². The molecule has 0 unspecified atom stereocenters. The van der Waals surface area contributed by atoms with Crippen LogP contribution < -0.4 is 0 Å². The van der Waals surface area contributed by atoms with Crippen LogP contribution in [-0.2, 0) is 35.1 Å². The van der Waals surface area contributed by atoms with Crippen LogP contribution in [0.5, 0.6) is 0 Å². The zero-order chi connectivity index (χ0) is 2.71. The number of hydrogen-bond acceptors (Lipinski definition) is 1. The third-order valence-electron chi connectivity index (χ3n) is 0. The minimum absolute atomic E-state index is 0. The minimum Gasteiger partial charge on any atom is 0 e. The van der Waals surface area contributed by atoms with Gasteiger partial charge in [0.15, 0.2) is 0 Å². The standard InChI is InChI=1S/CN.Co.Zn/c1-2;;. The summed E-state index contributed by atoms with van der Waals surface area (Å²) < 4.78 is 1.88. The van der Waals surface area contributed by atoms with E-state index in [1.165, 1.54) is 0 Å². The molecule has 0 aromatic rings. The maximum Gasteiger partial charge on any atom is 0 e. The van der Waals surface area contributed by atoms with Gasteiger partial charge < -0.3 is 0 Å². The zero-order valence-electron chi connectivity index (χ0n) is 1.99. The number of nitrogens with zero attached hydrogens (tertiary/aromatic N) is 1. The minimum atomic E-state index is 0. The molecule has 0 heterocycles. The molecule has 0 aliphatic heterocycles. The Balaban J connectivity index is 0. The Labute approximate surface area is 45.3 Å². The second-order valence-corrected chi connectivity index (χ2v) is 0.822. The maximum absolute atomic E-state index is 7.38. The van der Waals surface area contributed by atoms with Gasteiger partial charge >= 0.3 is 28.2 Å². The Morgan fingerprint density at radius 3 is 1.75 bits per heavy atom. The van der Waals surface area contributed by atoms with Crippen molar-refractivity contribution in [1.29, 1.82) is 5.26 Å². The summed E-state index contributed by atoms with van der Waals surface area (Å²) in [5, 5.41) is 7.38. The first kappa shape index (κ1) is 8.82. The Morgan fingerprint density at radius 1 is 1.75 bits per heavy atom. The van der Waals surface area contributed by atoms with Gasteiger partial charge in [-0.2, -0.15) is 0 Å². The van der Waals surface area contributed by atoms with Gasteiger partial charge in [-0.15, -0.1) is 0 Å². The summed E-state index contributed by atoms with van der Waals surface area (Å²) in [6.45, 7) is 0. The van der Waals surface area contributed by atoms with E-state index in [2.05, 4.69) is 0 Å². The fourth-order valence-corrected chi connectivity index (χ4v) is 0. The predicted molar refractivity (Wildman–Crippen MR) is 5.61 cm³/mol. The average Bonchev–Trinajstić information content (AvgIpc) is 0.918. The molecule has 3 heteroatoms. The van der Waals surface area contributed by atoms with Gasteiger partial charge in [0, 0.05) is 16.8 Å². The van der Waals surface area contributed by atoms with E-state index in [0.717, 1.165) is 18.3 Å². The van der Waals surface area contributed by atoms with E-state index >= 15 is 0 Å². The van der Waals surface area contributed by atoms with Crippen molar-refractivity contribution in [3.63, 3.8) is 0 Å². The third kappa shape index (κ3) is 17.9. The van der Waals surface area contributed by atoms with E-state index < -0.39 is 0 Å². The molecular formula is CCoNZn. The van der Waals surface area contributed by atoms with Gasteiger partial charge in [0.1, 0.15) is 0 Å². The Bertz CT molecular complexity index is 29.5. The van der Waals surface area contributed by atoms with E-state index in [1.54, 1.807) is 0 Å². The van der Waals surface area contributed by atoms with Crippen LogP contribution >= 0.6 is 0 Å². The molecule has 0 saturated heterocycles. The van der Waals surface area contributed by atoms with Crippen LogP contribution in [0.3, 0.4) is 0 Å². The van der Waals surface area contributed by atoms with Crippen molar-refractivity contribution in [3.05, 3.63) is 0 Å². The summed E-state index contributed by atoms with van der Waals surface area (Å²) in [5.41, 5.74) is 0. The van der Waals surface area contributed by atoms with Crippen LogP contribution in [0, 0.1) is 9.93 Å². The molecule has 0 amide bonds. The molecule has 0 fully saturated rings. The molecular weight excluding hydrogens is 150 g/mol. The SMILES string of the molecule is N#[C][Zn].[Co]. The summed E-state index contributed by atoms with van der Waals surface area (Å²) in [4.78, 5) is 0. The topological polar surface area (TPSA) is 23.8 Å². The van der Waals surface area contributed by atoms with Crippen LogP contribution in [0.1, 0.15) is 0 Å². The van der Waals surface area contributed by atoms with Crippen LogP contribution in [-0.4, -0.2) is 0 Å². The Morgan fingerprint density at radius 2 is 1.75 bits per heavy atom. The summed E-state index contributed by atoms with van der Waals surface area (Å²) in [5.74, 6) is 0. The largest absolute Gasteiger partial charge is 0 e. The van der Waals surface area contributed by atoms with Crippen molar-refractivity contribution >= 4 is 0 Å². The van der Waals surface area contributed by atoms with E-state index in [4.69, 9.17) is 5.26 Å². The molecule has 0 aliphatic rings. The molecule has 0 atom stereocenters. The van der Waals surface area contributed by atoms with Crippen molar-refractivity contribution < 1.29 is 35.1 Å². The van der Waals surface area contributed by atoms with E-state index in [9.17, 15) is 0 Å². The zero-order valence-corrected chi connectivity index (χ0v) is 6.00. The molecule has 0 aromatic heterocycles. The molecule has 1 radical (unpaired) electrons. The van der Waals surface area contributed by atoms with Gasteiger partial charge in [0.05, 0.1) is 0 Å². The molecule has 4 heavy (non-hydrogen) atoms. The van der Waals surface area contributed by atoms with E-state index in [-0.39, 0.29) is 16.8 Å². The van der Waals surface area contributed by atoms with Gasteiger partial charge in [0.25, 0.3) is 0 Å². The third-order valence-corrected chi connectivity index (χ3v) is 0. The van der Waals surface area contributed by atoms with Crippen molar-refractivity contribution in [2.75, 3.05) is 0 Å². The van der Waals surface area contributed by atoms with Crippen LogP contribution in [0.25, 0.3) is 0 Å². The number of hydrogen-bond donors (Lipinski definition) is 0. The molecule has 20 valence electrons. The van der Waals surface area contributed by atoms with Crippen LogP contribution in [0.15, 0.2) is 0 Å². The molecule has 0 spiro atoms. The molecule has 0 saturated carbocycles. The van der Waals surface area contributed by atoms with Gasteiger partial charge in [-0.25, -0.2) is 0 Å². The monoisotopic (exact) mass is 149 g/mol. The van der Waals surface area contributed by atoms with E-state index in [1.807, 2.05) is 4.66 Å². The fourth-order valence-electron chi connectivity index (χ4n) is 0. The van der Waals surface area contributed by atoms with Crippen molar-refractivity contribution in [2.45, 2.75) is 0 Å². The van der Waals surface area contributed by atoms with Gasteiger partial charge in [-0.05, 0) is 0 Å². The predicted octanol–water partition coefficient (Wildman–Crippen LogP) is 0.0118. The quantitative estimate of drug-likeness (QED) is 0.446. The van der Waals surface area contributed by atoms with Crippen molar-refractivity contribution in [2.24, 2.45) is 0 Å². The molecule has 0 bridgehead atoms. The average molecular weight is 150 g/mol. The summed E-state index contributed by atoms with van der Waals surface area (Å²) in [6, 6.07) is 0. The maximum atomic E-state index is 7.38. The summed E-state index contributed by atoms with van der Waals surface area (Å²) in [7, 11) is 0. The molecule has 0 aliphatic carbocycles. The molecule has 1 nitrogen and oxygen atoms in total. The van der Waals surface area contributed by atoms with Crippen LogP contribution in [0.4, 0.5) is 0 Å². The molecule has 0 aromatic carbocycles. The van der Waals surface area contributed by atoms with Crippen molar-refractivity contribution in [1.82, 2.24) is 0 Å². The first-order valence-corrected chi connectivity index (χ1v) is 2.06. The smallest absolute Gasteiger partial charge is 0 e. The van der Waals surface area contributed by atoms with Gasteiger partial charge in [0.2, 0.25) is 0 Å². The van der Waals surface area contributed by atoms with Crippen LogP contribution in [0.2, 0.25) is 0 Å². The first-order chi connectivity index (χ1) is 1.41. The number of rotatable bonds is 0. The Hall–Kier alpha value is 0.620.